The lowest BCUT2D eigenvalue weighted by atomic mass is 10.3. The molecule has 92 valence electrons. The summed E-state index contributed by atoms with van der Waals surface area (Å²) in [6, 6.07) is 13.9. The van der Waals surface area contributed by atoms with Crippen molar-refractivity contribution in [1.29, 1.82) is 0 Å². The highest BCUT2D eigenvalue weighted by atomic mass is 32.1. The summed E-state index contributed by atoms with van der Waals surface area (Å²) in [6.07, 6.45) is 3.62. The Hall–Kier alpha value is -1.94. The number of benzene rings is 1. The van der Waals surface area contributed by atoms with Crippen molar-refractivity contribution in [1.82, 2.24) is 9.88 Å². The summed E-state index contributed by atoms with van der Waals surface area (Å²) in [5.41, 5.74) is 2.14. The molecule has 0 aliphatic rings. The van der Waals surface area contributed by atoms with Crippen molar-refractivity contribution in [2.24, 2.45) is 0 Å². The molecular formula is C14H15N3S. The minimum absolute atomic E-state index is 0.699. The summed E-state index contributed by atoms with van der Waals surface area (Å²) < 4.78 is 0. The molecule has 2 rings (SSSR count). The maximum Gasteiger partial charge on any atom is 0.173 e. The number of hydrogen-bond acceptors (Lipinski definition) is 2. The van der Waals surface area contributed by atoms with Crippen LogP contribution in [-0.2, 0) is 6.54 Å². The molecule has 0 amide bonds. The molecule has 0 unspecified atom stereocenters. The van der Waals surface area contributed by atoms with Gasteiger partial charge in [0.25, 0.3) is 0 Å². The zero-order chi connectivity index (χ0) is 12.8. The number of nitrogens with zero attached hydrogens (tertiary/aromatic N) is 2. The minimum atomic E-state index is 0.699. The van der Waals surface area contributed by atoms with Crippen LogP contribution in [0.2, 0.25) is 0 Å². The van der Waals surface area contributed by atoms with Crippen LogP contribution in [0.5, 0.6) is 0 Å². The first-order valence-electron chi connectivity index (χ1n) is 5.72. The van der Waals surface area contributed by atoms with Crippen LogP contribution in [-0.4, -0.2) is 22.0 Å². The van der Waals surface area contributed by atoms with E-state index in [1.54, 1.807) is 6.20 Å². The topological polar surface area (TPSA) is 28.2 Å². The molecule has 0 saturated carbocycles. The van der Waals surface area contributed by atoms with Gasteiger partial charge in [0.1, 0.15) is 0 Å². The van der Waals surface area contributed by atoms with E-state index in [2.05, 4.69) is 10.3 Å². The molecule has 2 aromatic rings. The van der Waals surface area contributed by atoms with Gasteiger partial charge in [-0.3, -0.25) is 4.98 Å². The third-order valence-corrected chi connectivity index (χ3v) is 2.93. The quantitative estimate of drug-likeness (QED) is 0.856. The molecule has 1 N–H and O–H groups in total. The van der Waals surface area contributed by atoms with Gasteiger partial charge in [-0.25, -0.2) is 0 Å². The smallest absolute Gasteiger partial charge is 0.173 e. The van der Waals surface area contributed by atoms with Gasteiger partial charge in [-0.15, -0.1) is 0 Å². The van der Waals surface area contributed by atoms with E-state index in [1.165, 1.54) is 0 Å². The Labute approximate surface area is 112 Å². The molecule has 18 heavy (non-hydrogen) atoms. The lowest BCUT2D eigenvalue weighted by Crippen LogP contribution is -2.30. The Morgan fingerprint density at radius 1 is 1.22 bits per heavy atom. The van der Waals surface area contributed by atoms with Crippen LogP contribution in [0.4, 0.5) is 5.69 Å². The van der Waals surface area contributed by atoms with Crippen molar-refractivity contribution in [3.8, 4) is 0 Å². The number of anilines is 1. The molecular weight excluding hydrogens is 242 g/mol. The van der Waals surface area contributed by atoms with Gasteiger partial charge in [0.2, 0.25) is 0 Å². The highest BCUT2D eigenvalue weighted by molar-refractivity contribution is 7.80. The average molecular weight is 257 g/mol. The molecule has 0 bridgehead atoms. The Balaban J connectivity index is 1.93. The third-order valence-electron chi connectivity index (χ3n) is 2.51. The molecule has 0 aliphatic carbocycles. The predicted octanol–water partition coefficient (Wildman–Crippen LogP) is 2.91. The fraction of sp³-hybridized carbons (Fsp3) is 0.143. The molecule has 1 aromatic carbocycles. The zero-order valence-electron chi connectivity index (χ0n) is 10.2. The van der Waals surface area contributed by atoms with Gasteiger partial charge in [-0.05, 0) is 36.0 Å². The molecule has 0 saturated heterocycles. The molecule has 0 radical (unpaired) electrons. The normalized spacial score (nSPS) is 9.83. The largest absolute Gasteiger partial charge is 0.348 e. The van der Waals surface area contributed by atoms with Gasteiger partial charge in [-0.2, -0.15) is 0 Å². The van der Waals surface area contributed by atoms with Crippen LogP contribution >= 0.6 is 12.2 Å². The number of rotatable bonds is 3. The third kappa shape index (κ3) is 3.53. The Bertz CT molecular complexity index is 499. The SMILES string of the molecule is CN(Cc1cccnc1)C(=S)Nc1ccccc1. The van der Waals surface area contributed by atoms with E-state index in [0.717, 1.165) is 17.8 Å². The average Bonchev–Trinajstić information content (AvgIpc) is 2.41. The minimum Gasteiger partial charge on any atom is -0.348 e. The first-order chi connectivity index (χ1) is 8.75. The van der Waals surface area contributed by atoms with E-state index in [0.29, 0.717) is 5.11 Å². The van der Waals surface area contributed by atoms with Crippen LogP contribution in [0, 0.1) is 0 Å². The summed E-state index contributed by atoms with van der Waals surface area (Å²) in [4.78, 5) is 6.08. The summed E-state index contributed by atoms with van der Waals surface area (Å²) in [5, 5.41) is 3.90. The van der Waals surface area contributed by atoms with Gasteiger partial charge >= 0.3 is 0 Å². The molecule has 0 spiro atoms. The number of hydrogen-bond donors (Lipinski definition) is 1. The van der Waals surface area contributed by atoms with Crippen LogP contribution in [0.25, 0.3) is 0 Å². The van der Waals surface area contributed by atoms with E-state index in [-0.39, 0.29) is 0 Å². The fourth-order valence-corrected chi connectivity index (χ4v) is 1.76. The van der Waals surface area contributed by atoms with Crippen molar-refractivity contribution in [2.45, 2.75) is 6.54 Å². The molecule has 1 heterocycles. The van der Waals surface area contributed by atoms with Crippen molar-refractivity contribution in [2.75, 3.05) is 12.4 Å². The second-order valence-corrected chi connectivity index (χ2v) is 4.40. The molecule has 0 fully saturated rings. The summed E-state index contributed by atoms with van der Waals surface area (Å²) in [7, 11) is 1.96. The maximum absolute atomic E-state index is 5.35. The highest BCUT2D eigenvalue weighted by Gasteiger charge is 2.05. The van der Waals surface area contributed by atoms with E-state index >= 15 is 0 Å². The summed E-state index contributed by atoms with van der Waals surface area (Å²) in [5.74, 6) is 0. The molecule has 3 nitrogen and oxygen atoms in total. The molecule has 0 aliphatic heterocycles. The van der Waals surface area contributed by atoms with E-state index < -0.39 is 0 Å². The molecule has 1 aromatic heterocycles. The maximum atomic E-state index is 5.35. The standard InChI is InChI=1S/C14H15N3S/c1-17(11-12-6-5-9-15-10-12)14(18)16-13-7-3-2-4-8-13/h2-10H,11H2,1H3,(H,16,18). The van der Waals surface area contributed by atoms with Crippen LogP contribution in [0.3, 0.4) is 0 Å². The summed E-state index contributed by atoms with van der Waals surface area (Å²) in [6.45, 7) is 0.743. The van der Waals surface area contributed by atoms with Gasteiger partial charge in [0.15, 0.2) is 5.11 Å². The van der Waals surface area contributed by atoms with Crippen molar-refractivity contribution < 1.29 is 0 Å². The number of aromatic nitrogens is 1. The fourth-order valence-electron chi connectivity index (χ4n) is 1.58. The predicted molar refractivity (Wildman–Crippen MR) is 78.4 cm³/mol. The Morgan fingerprint density at radius 3 is 2.67 bits per heavy atom. The van der Waals surface area contributed by atoms with E-state index in [9.17, 15) is 0 Å². The van der Waals surface area contributed by atoms with Crippen molar-refractivity contribution >= 4 is 23.0 Å². The number of pyridine rings is 1. The van der Waals surface area contributed by atoms with Gasteiger partial charge in [0.05, 0.1) is 0 Å². The Kier molecular flexibility index (Phi) is 4.25. The van der Waals surface area contributed by atoms with Gasteiger partial charge < -0.3 is 10.2 Å². The van der Waals surface area contributed by atoms with Crippen molar-refractivity contribution in [3.63, 3.8) is 0 Å². The first kappa shape index (κ1) is 12.5. The second-order valence-electron chi connectivity index (χ2n) is 4.01. The van der Waals surface area contributed by atoms with Crippen LogP contribution in [0.15, 0.2) is 54.9 Å². The van der Waals surface area contributed by atoms with Crippen LogP contribution < -0.4 is 5.32 Å². The monoisotopic (exact) mass is 257 g/mol. The van der Waals surface area contributed by atoms with Crippen LogP contribution in [0.1, 0.15) is 5.56 Å². The van der Waals surface area contributed by atoms with E-state index in [4.69, 9.17) is 12.2 Å². The Morgan fingerprint density at radius 2 is 2.00 bits per heavy atom. The van der Waals surface area contributed by atoms with Gasteiger partial charge in [-0.1, -0.05) is 24.3 Å². The lowest BCUT2D eigenvalue weighted by Gasteiger charge is -2.20. The number of nitrogens with one attached hydrogen (secondary N) is 1. The first-order valence-corrected chi connectivity index (χ1v) is 6.12. The second kappa shape index (κ2) is 6.12. The number of para-hydroxylation sites is 1. The number of thiocarbonyl (C=S) groups is 1. The molecule has 0 atom stereocenters. The van der Waals surface area contributed by atoms with E-state index in [1.807, 2.05) is 60.6 Å². The molecule has 4 heteroatoms. The highest BCUT2D eigenvalue weighted by Crippen LogP contribution is 2.08. The lowest BCUT2D eigenvalue weighted by molar-refractivity contribution is 0.507. The zero-order valence-corrected chi connectivity index (χ0v) is 11.0. The summed E-state index contributed by atoms with van der Waals surface area (Å²) >= 11 is 5.35. The van der Waals surface area contributed by atoms with Gasteiger partial charge in [0, 0.05) is 31.7 Å². The van der Waals surface area contributed by atoms with Crippen molar-refractivity contribution in [3.05, 3.63) is 60.4 Å².